The topological polar surface area (TPSA) is 63.7 Å². The van der Waals surface area contributed by atoms with Gasteiger partial charge in [0.1, 0.15) is 5.82 Å². The average molecular weight is 309 g/mol. The van der Waals surface area contributed by atoms with Crippen LogP contribution in [-0.2, 0) is 14.8 Å². The Morgan fingerprint density at radius 3 is 2.14 bits per heavy atom. The number of hydrogen-bond acceptors (Lipinski definition) is 4. The second-order valence-corrected chi connectivity index (χ2v) is 5.82. The molecular weight excluding hydrogens is 297 g/mol. The molecule has 7 heteroatoms. The monoisotopic (exact) mass is 309 g/mol. The first-order valence-corrected chi connectivity index (χ1v) is 7.34. The number of para-hydroxylation sites is 1. The highest BCUT2D eigenvalue weighted by molar-refractivity contribution is 7.93. The lowest BCUT2D eigenvalue weighted by molar-refractivity contribution is 0.183. The zero-order valence-corrected chi connectivity index (χ0v) is 11.9. The van der Waals surface area contributed by atoms with E-state index in [1.807, 2.05) is 0 Å². The molecule has 0 aliphatic carbocycles. The van der Waals surface area contributed by atoms with Crippen LogP contribution in [0.25, 0.3) is 0 Å². The van der Waals surface area contributed by atoms with Crippen LogP contribution in [0.15, 0.2) is 59.5 Å². The van der Waals surface area contributed by atoms with Crippen molar-refractivity contribution >= 4 is 21.8 Å². The Kier molecular flexibility index (Phi) is 4.23. The van der Waals surface area contributed by atoms with Crippen molar-refractivity contribution in [1.29, 1.82) is 0 Å². The van der Waals surface area contributed by atoms with Crippen molar-refractivity contribution in [3.63, 3.8) is 0 Å². The lowest BCUT2D eigenvalue weighted by Gasteiger charge is -2.21. The summed E-state index contributed by atoms with van der Waals surface area (Å²) in [5, 5.41) is 0. The Morgan fingerprint density at radius 2 is 1.62 bits per heavy atom. The summed E-state index contributed by atoms with van der Waals surface area (Å²) in [6.07, 6.45) is -1.05. The van der Waals surface area contributed by atoms with Crippen molar-refractivity contribution < 1.29 is 22.3 Å². The normalized spacial score (nSPS) is 11.0. The van der Waals surface area contributed by atoms with Gasteiger partial charge in [0.05, 0.1) is 17.7 Å². The molecule has 0 saturated carbocycles. The molecule has 0 aliphatic rings. The van der Waals surface area contributed by atoms with Gasteiger partial charge in [0.25, 0.3) is 10.0 Å². The summed E-state index contributed by atoms with van der Waals surface area (Å²) >= 11 is 0. The second-order valence-electron chi connectivity index (χ2n) is 4.03. The highest BCUT2D eigenvalue weighted by Gasteiger charge is 2.31. The molecule has 110 valence electrons. The number of benzene rings is 2. The molecule has 0 heterocycles. The van der Waals surface area contributed by atoms with Crippen LogP contribution in [0.5, 0.6) is 0 Å². The van der Waals surface area contributed by atoms with E-state index in [0.717, 1.165) is 31.4 Å². The SMILES string of the molecule is COC(=O)N(c1ccccc1)S(=O)(=O)c1ccc(F)cc1. The summed E-state index contributed by atoms with van der Waals surface area (Å²) in [5.74, 6) is -0.571. The number of carbonyl (C=O) groups is 1. The lowest BCUT2D eigenvalue weighted by Crippen LogP contribution is -2.36. The second kappa shape index (κ2) is 5.92. The molecule has 0 N–H and O–H groups in total. The number of sulfonamides is 1. The molecule has 0 bridgehead atoms. The van der Waals surface area contributed by atoms with Crippen LogP contribution in [0.3, 0.4) is 0 Å². The van der Waals surface area contributed by atoms with Gasteiger partial charge in [-0.3, -0.25) is 0 Å². The third-order valence-electron chi connectivity index (χ3n) is 2.68. The van der Waals surface area contributed by atoms with Crippen molar-refractivity contribution in [3.05, 3.63) is 60.4 Å². The van der Waals surface area contributed by atoms with E-state index in [2.05, 4.69) is 4.74 Å². The summed E-state index contributed by atoms with van der Waals surface area (Å²) in [6.45, 7) is 0. The fourth-order valence-corrected chi connectivity index (χ4v) is 3.06. The van der Waals surface area contributed by atoms with E-state index < -0.39 is 21.9 Å². The Labute approximate surface area is 121 Å². The van der Waals surface area contributed by atoms with Gasteiger partial charge in [-0.15, -0.1) is 0 Å². The molecule has 0 unspecified atom stereocenters. The van der Waals surface area contributed by atoms with Gasteiger partial charge in [-0.25, -0.2) is 17.6 Å². The molecule has 2 aromatic carbocycles. The molecule has 0 atom stereocenters. The molecule has 2 rings (SSSR count). The zero-order chi connectivity index (χ0) is 15.5. The quantitative estimate of drug-likeness (QED) is 0.874. The fourth-order valence-electron chi connectivity index (χ4n) is 1.70. The zero-order valence-electron chi connectivity index (χ0n) is 11.1. The Hall–Kier alpha value is -2.41. The number of ether oxygens (including phenoxy) is 1. The maximum atomic E-state index is 12.9. The largest absolute Gasteiger partial charge is 0.452 e. The third kappa shape index (κ3) is 3.03. The fraction of sp³-hybridized carbons (Fsp3) is 0.0714. The first-order chi connectivity index (χ1) is 9.96. The molecule has 0 aliphatic heterocycles. The minimum absolute atomic E-state index is 0.133. The van der Waals surface area contributed by atoms with Crippen molar-refractivity contribution in [2.45, 2.75) is 4.90 Å². The number of nitrogens with zero attached hydrogens (tertiary/aromatic N) is 1. The van der Waals surface area contributed by atoms with E-state index in [4.69, 9.17) is 0 Å². The van der Waals surface area contributed by atoms with Crippen LogP contribution < -0.4 is 4.31 Å². The van der Waals surface area contributed by atoms with E-state index in [0.29, 0.717) is 4.31 Å². The van der Waals surface area contributed by atoms with Gasteiger partial charge in [0, 0.05) is 0 Å². The van der Waals surface area contributed by atoms with Gasteiger partial charge >= 0.3 is 6.09 Å². The van der Waals surface area contributed by atoms with Crippen molar-refractivity contribution in [2.75, 3.05) is 11.4 Å². The highest BCUT2D eigenvalue weighted by Crippen LogP contribution is 2.24. The Balaban J connectivity index is 2.55. The van der Waals surface area contributed by atoms with E-state index in [1.54, 1.807) is 18.2 Å². The summed E-state index contributed by atoms with van der Waals surface area (Å²) in [7, 11) is -3.11. The van der Waals surface area contributed by atoms with Gasteiger partial charge < -0.3 is 4.74 Å². The first kappa shape index (κ1) is 15.0. The smallest absolute Gasteiger partial charge is 0.428 e. The summed E-state index contributed by atoms with van der Waals surface area (Å²) in [4.78, 5) is 11.6. The standard InChI is InChI=1S/C14H12FNO4S/c1-20-14(17)16(12-5-3-2-4-6-12)21(18,19)13-9-7-11(15)8-10-13/h2-10H,1H3. The molecular formula is C14H12FNO4S. The van der Waals surface area contributed by atoms with Crippen LogP contribution in [0, 0.1) is 5.82 Å². The Bertz CT molecular complexity index is 729. The van der Waals surface area contributed by atoms with Crippen LogP contribution in [-0.4, -0.2) is 21.6 Å². The van der Waals surface area contributed by atoms with Crippen molar-refractivity contribution in [3.8, 4) is 0 Å². The Morgan fingerprint density at radius 1 is 1.05 bits per heavy atom. The number of carbonyl (C=O) groups excluding carboxylic acids is 1. The van der Waals surface area contributed by atoms with Crippen LogP contribution in [0.2, 0.25) is 0 Å². The molecule has 0 radical (unpaired) electrons. The van der Waals surface area contributed by atoms with Gasteiger partial charge in [0.15, 0.2) is 0 Å². The lowest BCUT2D eigenvalue weighted by atomic mass is 10.3. The molecule has 0 aromatic heterocycles. The van der Waals surface area contributed by atoms with Crippen molar-refractivity contribution in [2.24, 2.45) is 0 Å². The molecule has 2 aromatic rings. The minimum Gasteiger partial charge on any atom is -0.452 e. The number of rotatable bonds is 3. The van der Waals surface area contributed by atoms with E-state index >= 15 is 0 Å². The molecule has 21 heavy (non-hydrogen) atoms. The summed E-state index contributed by atoms with van der Waals surface area (Å²) < 4.78 is 43.1. The molecule has 0 saturated heterocycles. The van der Waals surface area contributed by atoms with Crippen LogP contribution >= 0.6 is 0 Å². The number of amides is 1. The number of hydrogen-bond donors (Lipinski definition) is 0. The first-order valence-electron chi connectivity index (χ1n) is 5.90. The van der Waals surface area contributed by atoms with Gasteiger partial charge in [-0.05, 0) is 36.4 Å². The van der Waals surface area contributed by atoms with Crippen LogP contribution in [0.1, 0.15) is 0 Å². The maximum Gasteiger partial charge on any atom is 0.428 e. The van der Waals surface area contributed by atoms with Gasteiger partial charge in [-0.1, -0.05) is 18.2 Å². The predicted octanol–water partition coefficient (Wildman–Crippen LogP) is 2.79. The van der Waals surface area contributed by atoms with Gasteiger partial charge in [-0.2, -0.15) is 4.31 Å². The maximum absolute atomic E-state index is 12.9. The number of anilines is 1. The van der Waals surface area contributed by atoms with E-state index in [-0.39, 0.29) is 10.6 Å². The average Bonchev–Trinajstić information content (AvgIpc) is 2.48. The van der Waals surface area contributed by atoms with E-state index in [1.165, 1.54) is 12.1 Å². The molecule has 0 spiro atoms. The third-order valence-corrected chi connectivity index (χ3v) is 4.39. The molecule has 1 amide bonds. The number of methoxy groups -OCH3 is 1. The van der Waals surface area contributed by atoms with Gasteiger partial charge in [0.2, 0.25) is 0 Å². The predicted molar refractivity (Wildman–Crippen MR) is 74.9 cm³/mol. The van der Waals surface area contributed by atoms with Crippen LogP contribution in [0.4, 0.5) is 14.9 Å². The van der Waals surface area contributed by atoms with Crippen molar-refractivity contribution in [1.82, 2.24) is 0 Å². The highest BCUT2D eigenvalue weighted by atomic mass is 32.2. The molecule has 5 nitrogen and oxygen atoms in total. The minimum atomic E-state index is -4.19. The number of halogens is 1. The summed E-state index contributed by atoms with van der Waals surface area (Å²) in [6, 6.07) is 12.0. The van der Waals surface area contributed by atoms with E-state index in [9.17, 15) is 17.6 Å². The summed E-state index contributed by atoms with van der Waals surface area (Å²) in [5.41, 5.74) is 0.133. The molecule has 0 fully saturated rings.